The summed E-state index contributed by atoms with van der Waals surface area (Å²) in [6.07, 6.45) is 3.34. The Morgan fingerprint density at radius 3 is 2.75 bits per heavy atom. The third kappa shape index (κ3) is 3.10. The Hall–Kier alpha value is -1.30. The van der Waals surface area contributed by atoms with Crippen LogP contribution < -0.4 is 4.90 Å². The molecule has 1 atom stereocenters. The lowest BCUT2D eigenvalue weighted by molar-refractivity contribution is -0.385. The summed E-state index contributed by atoms with van der Waals surface area (Å²) in [6.45, 7) is 2.10. The molecular formula is C10H15N3O2S. The van der Waals surface area contributed by atoms with E-state index in [-0.39, 0.29) is 5.69 Å². The number of aromatic nitrogens is 1. The average Bonchev–Trinajstić information content (AvgIpc) is 2.28. The molecule has 0 bridgehead atoms. The largest absolute Gasteiger partial charge is 0.356 e. The van der Waals surface area contributed by atoms with Crippen LogP contribution in [0.1, 0.15) is 6.92 Å². The van der Waals surface area contributed by atoms with E-state index in [1.54, 1.807) is 17.8 Å². The summed E-state index contributed by atoms with van der Waals surface area (Å²) in [5.74, 6) is 1.75. The van der Waals surface area contributed by atoms with E-state index in [0.29, 0.717) is 6.04 Å². The van der Waals surface area contributed by atoms with Crippen LogP contribution in [0.2, 0.25) is 0 Å². The molecule has 5 nitrogen and oxygen atoms in total. The Morgan fingerprint density at radius 2 is 2.31 bits per heavy atom. The highest BCUT2D eigenvalue weighted by atomic mass is 32.2. The van der Waals surface area contributed by atoms with Gasteiger partial charge in [-0.1, -0.05) is 0 Å². The predicted octanol–water partition coefficient (Wildman–Crippen LogP) is 2.18. The van der Waals surface area contributed by atoms with E-state index in [1.165, 1.54) is 12.3 Å². The van der Waals surface area contributed by atoms with Crippen molar-refractivity contribution in [3.8, 4) is 0 Å². The molecule has 88 valence electrons. The highest BCUT2D eigenvalue weighted by Gasteiger charge is 2.12. The molecule has 1 unspecified atom stereocenters. The maximum atomic E-state index is 10.5. The molecule has 0 saturated heterocycles. The van der Waals surface area contributed by atoms with Crippen molar-refractivity contribution >= 4 is 23.3 Å². The van der Waals surface area contributed by atoms with Crippen molar-refractivity contribution in [3.63, 3.8) is 0 Å². The van der Waals surface area contributed by atoms with Crippen molar-refractivity contribution in [2.75, 3.05) is 24.0 Å². The number of anilines is 1. The van der Waals surface area contributed by atoms with E-state index < -0.39 is 4.92 Å². The molecule has 0 radical (unpaired) electrons. The molecule has 0 aliphatic heterocycles. The van der Waals surface area contributed by atoms with Crippen LogP contribution in [-0.4, -0.2) is 35.0 Å². The van der Waals surface area contributed by atoms with Gasteiger partial charge in [0.05, 0.1) is 4.92 Å². The quantitative estimate of drug-likeness (QED) is 0.584. The highest BCUT2D eigenvalue weighted by molar-refractivity contribution is 7.98. The molecule has 0 saturated carbocycles. The summed E-state index contributed by atoms with van der Waals surface area (Å²) in [5, 5.41) is 10.5. The number of pyridine rings is 1. The molecule has 0 aliphatic carbocycles. The Kier molecular flexibility index (Phi) is 4.54. The highest BCUT2D eigenvalue weighted by Crippen LogP contribution is 2.17. The standard InChI is InChI=1S/C10H15N3O2S/c1-8(7-16-3)12(2)10-5-4-9(6-11-10)13(14)15/h4-6,8H,7H2,1-3H3. The molecule has 1 heterocycles. The molecule has 1 rings (SSSR count). The van der Waals surface area contributed by atoms with E-state index in [4.69, 9.17) is 0 Å². The molecular weight excluding hydrogens is 226 g/mol. The van der Waals surface area contributed by atoms with Crippen LogP contribution in [0.5, 0.6) is 0 Å². The summed E-state index contributed by atoms with van der Waals surface area (Å²) >= 11 is 1.76. The number of rotatable bonds is 5. The van der Waals surface area contributed by atoms with Gasteiger partial charge in [0.25, 0.3) is 5.69 Å². The first-order chi connectivity index (χ1) is 7.56. The number of hydrogen-bond donors (Lipinski definition) is 0. The lowest BCUT2D eigenvalue weighted by Crippen LogP contribution is -2.31. The van der Waals surface area contributed by atoms with Gasteiger partial charge < -0.3 is 4.90 Å². The molecule has 0 N–H and O–H groups in total. The number of thioether (sulfide) groups is 1. The van der Waals surface area contributed by atoms with Gasteiger partial charge in [0, 0.05) is 24.9 Å². The zero-order chi connectivity index (χ0) is 12.1. The number of hydrogen-bond acceptors (Lipinski definition) is 5. The summed E-state index contributed by atoms with van der Waals surface area (Å²) in [4.78, 5) is 16.1. The van der Waals surface area contributed by atoms with Crippen molar-refractivity contribution in [1.29, 1.82) is 0 Å². The van der Waals surface area contributed by atoms with Crippen LogP contribution in [-0.2, 0) is 0 Å². The Bertz CT molecular complexity index is 356. The van der Waals surface area contributed by atoms with Gasteiger partial charge in [-0.05, 0) is 19.2 Å². The molecule has 1 aromatic heterocycles. The first-order valence-corrected chi connectivity index (χ1v) is 6.28. The van der Waals surface area contributed by atoms with Crippen LogP contribution in [0, 0.1) is 10.1 Å². The van der Waals surface area contributed by atoms with Crippen LogP contribution in [0.25, 0.3) is 0 Å². The summed E-state index contributed by atoms with van der Waals surface area (Å²) in [5.41, 5.74) is 0.0228. The van der Waals surface area contributed by atoms with Crippen molar-refractivity contribution in [3.05, 3.63) is 28.4 Å². The third-order valence-corrected chi connectivity index (χ3v) is 3.19. The zero-order valence-corrected chi connectivity index (χ0v) is 10.4. The first kappa shape index (κ1) is 12.8. The van der Waals surface area contributed by atoms with Crippen molar-refractivity contribution < 1.29 is 4.92 Å². The first-order valence-electron chi connectivity index (χ1n) is 4.88. The minimum atomic E-state index is -0.442. The van der Waals surface area contributed by atoms with Gasteiger partial charge in [0.1, 0.15) is 12.0 Å². The van der Waals surface area contributed by atoms with Crippen LogP contribution >= 0.6 is 11.8 Å². The van der Waals surface area contributed by atoms with E-state index in [2.05, 4.69) is 11.9 Å². The zero-order valence-electron chi connectivity index (χ0n) is 9.58. The number of nitro groups is 1. The smallest absolute Gasteiger partial charge is 0.287 e. The minimum absolute atomic E-state index is 0.0228. The Balaban J connectivity index is 2.77. The summed E-state index contributed by atoms with van der Waals surface area (Å²) < 4.78 is 0. The number of nitrogens with zero attached hydrogens (tertiary/aromatic N) is 3. The van der Waals surface area contributed by atoms with E-state index in [1.807, 2.05) is 18.2 Å². The second-order valence-electron chi connectivity index (χ2n) is 3.55. The van der Waals surface area contributed by atoms with E-state index >= 15 is 0 Å². The van der Waals surface area contributed by atoms with Crippen LogP contribution in [0.15, 0.2) is 18.3 Å². The lowest BCUT2D eigenvalue weighted by atomic mass is 10.3. The molecule has 6 heteroatoms. The Labute approximate surface area is 99.0 Å². The topological polar surface area (TPSA) is 59.3 Å². The molecule has 0 fully saturated rings. The van der Waals surface area contributed by atoms with Gasteiger partial charge in [-0.15, -0.1) is 0 Å². The van der Waals surface area contributed by atoms with E-state index in [9.17, 15) is 10.1 Å². The molecule has 0 aromatic carbocycles. The average molecular weight is 241 g/mol. The Morgan fingerprint density at radius 1 is 1.62 bits per heavy atom. The summed E-state index contributed by atoms with van der Waals surface area (Å²) in [7, 11) is 1.94. The maximum Gasteiger partial charge on any atom is 0.287 e. The normalized spacial score (nSPS) is 12.2. The lowest BCUT2D eigenvalue weighted by Gasteiger charge is -2.25. The predicted molar refractivity (Wildman–Crippen MR) is 67.1 cm³/mol. The molecule has 1 aromatic rings. The summed E-state index contributed by atoms with van der Waals surface area (Å²) in [6, 6.07) is 3.50. The minimum Gasteiger partial charge on any atom is -0.356 e. The molecule has 0 spiro atoms. The fraction of sp³-hybridized carbons (Fsp3) is 0.500. The second kappa shape index (κ2) is 5.69. The van der Waals surface area contributed by atoms with Crippen molar-refractivity contribution in [2.24, 2.45) is 0 Å². The van der Waals surface area contributed by atoms with Gasteiger partial charge in [0.2, 0.25) is 0 Å². The molecule has 0 amide bonds. The van der Waals surface area contributed by atoms with Gasteiger partial charge in [-0.25, -0.2) is 4.98 Å². The van der Waals surface area contributed by atoms with Gasteiger partial charge >= 0.3 is 0 Å². The maximum absolute atomic E-state index is 10.5. The van der Waals surface area contributed by atoms with E-state index in [0.717, 1.165) is 11.6 Å². The molecule has 16 heavy (non-hydrogen) atoms. The molecule has 0 aliphatic rings. The van der Waals surface area contributed by atoms with Gasteiger partial charge in [-0.2, -0.15) is 11.8 Å². The SMILES string of the molecule is CSCC(C)N(C)c1ccc([N+](=O)[O-])cn1. The monoisotopic (exact) mass is 241 g/mol. The van der Waals surface area contributed by atoms with Crippen LogP contribution in [0.4, 0.5) is 11.5 Å². The fourth-order valence-corrected chi connectivity index (χ4v) is 1.98. The fourth-order valence-electron chi connectivity index (χ4n) is 1.27. The van der Waals surface area contributed by atoms with Crippen LogP contribution in [0.3, 0.4) is 0 Å². The van der Waals surface area contributed by atoms with Crippen molar-refractivity contribution in [1.82, 2.24) is 4.98 Å². The van der Waals surface area contributed by atoms with Gasteiger partial charge in [-0.3, -0.25) is 10.1 Å². The van der Waals surface area contributed by atoms with Crippen molar-refractivity contribution in [2.45, 2.75) is 13.0 Å². The van der Waals surface area contributed by atoms with Gasteiger partial charge in [0.15, 0.2) is 0 Å². The second-order valence-corrected chi connectivity index (χ2v) is 4.46. The third-order valence-electron chi connectivity index (χ3n) is 2.37.